The van der Waals surface area contributed by atoms with E-state index in [4.69, 9.17) is 14.6 Å². The zero-order chi connectivity index (χ0) is 13.4. The van der Waals surface area contributed by atoms with E-state index in [2.05, 4.69) is 9.47 Å². The average molecular weight is 262 g/mol. The second-order valence-corrected chi connectivity index (χ2v) is 3.87. The molecule has 7 heteroatoms. The van der Waals surface area contributed by atoms with Crippen LogP contribution >= 0.6 is 0 Å². The lowest BCUT2D eigenvalue weighted by atomic mass is 9.95. The highest BCUT2D eigenvalue weighted by molar-refractivity contribution is 5.61. The first kappa shape index (κ1) is 14.6. The lowest BCUT2D eigenvalue weighted by Crippen LogP contribution is -2.38. The van der Waals surface area contributed by atoms with Gasteiger partial charge in [-0.15, -0.1) is 0 Å². The van der Waals surface area contributed by atoms with Crippen LogP contribution in [0.5, 0.6) is 0 Å². The van der Waals surface area contributed by atoms with Gasteiger partial charge in [-0.2, -0.15) is 0 Å². The molecule has 1 fully saturated rings. The minimum atomic E-state index is -0.866. The summed E-state index contributed by atoms with van der Waals surface area (Å²) in [6.07, 6.45) is 0.320. The Morgan fingerprint density at radius 1 is 1.11 bits per heavy atom. The maximum absolute atomic E-state index is 11.2. The van der Waals surface area contributed by atoms with Gasteiger partial charge in [0.1, 0.15) is 18.8 Å². The molecule has 18 heavy (non-hydrogen) atoms. The van der Waals surface area contributed by atoms with Crippen LogP contribution in [0.15, 0.2) is 0 Å². The fourth-order valence-corrected chi connectivity index (χ4v) is 1.79. The maximum atomic E-state index is 11.2. The van der Waals surface area contributed by atoms with Crippen LogP contribution in [0.25, 0.3) is 0 Å². The Hall–Kier alpha value is -1.50. The Labute approximate surface area is 105 Å². The third-order valence-corrected chi connectivity index (χ3v) is 2.62. The molecule has 0 heterocycles. The van der Waals surface area contributed by atoms with E-state index in [0.29, 0.717) is 12.8 Å². The summed E-state index contributed by atoms with van der Waals surface area (Å²) in [5.41, 5.74) is 0. The molecule has 0 aromatic carbocycles. The number of ether oxygens (including phenoxy) is 4. The second-order valence-electron chi connectivity index (χ2n) is 3.87. The fourth-order valence-electron chi connectivity index (χ4n) is 1.79. The lowest BCUT2D eigenvalue weighted by Gasteiger charge is -2.29. The van der Waals surface area contributed by atoms with Crippen LogP contribution in [0.2, 0.25) is 0 Å². The first-order chi connectivity index (χ1) is 8.67. The van der Waals surface area contributed by atoms with Crippen molar-refractivity contribution in [3.63, 3.8) is 0 Å². The van der Waals surface area contributed by atoms with Crippen LogP contribution < -0.4 is 0 Å². The Morgan fingerprint density at radius 2 is 1.67 bits per heavy atom. The second kappa shape index (κ2) is 7.75. The van der Waals surface area contributed by atoms with Gasteiger partial charge in [0.2, 0.25) is 0 Å². The molecular weight excluding hydrogens is 244 g/mol. The molecule has 104 valence electrons. The summed E-state index contributed by atoms with van der Waals surface area (Å²) in [4.78, 5) is 22.3. The zero-order valence-electron chi connectivity index (χ0n) is 10.3. The first-order valence-corrected chi connectivity index (χ1v) is 5.86. The molecular formula is C11H18O7. The highest BCUT2D eigenvalue weighted by Crippen LogP contribution is 2.24. The Balaban J connectivity index is 2.43. The molecule has 1 aliphatic rings. The number of hydrogen-bond acceptors (Lipinski definition) is 7. The third-order valence-electron chi connectivity index (χ3n) is 2.62. The molecule has 0 aromatic heterocycles. The molecule has 1 N–H and O–H groups in total. The molecule has 0 radical (unpaired) electrons. The minimum Gasteiger partial charge on any atom is -0.438 e. The quantitative estimate of drug-likeness (QED) is 0.761. The zero-order valence-corrected chi connectivity index (χ0v) is 10.3. The summed E-state index contributed by atoms with van der Waals surface area (Å²) in [6.45, 7) is -0.379. The summed E-state index contributed by atoms with van der Waals surface area (Å²) in [7, 11) is 1.22. The van der Waals surface area contributed by atoms with Gasteiger partial charge < -0.3 is 24.1 Å². The van der Waals surface area contributed by atoms with Crippen molar-refractivity contribution in [3.05, 3.63) is 0 Å². The molecule has 1 aliphatic carbocycles. The van der Waals surface area contributed by atoms with Gasteiger partial charge in [-0.05, 0) is 25.7 Å². The highest BCUT2D eigenvalue weighted by Gasteiger charge is 2.32. The normalized spacial score (nSPS) is 23.0. The van der Waals surface area contributed by atoms with Gasteiger partial charge >= 0.3 is 12.3 Å². The fraction of sp³-hybridized carbons (Fsp3) is 0.818. The molecule has 0 amide bonds. The average Bonchev–Trinajstić information content (AvgIpc) is 2.38. The summed E-state index contributed by atoms with van der Waals surface area (Å²) < 4.78 is 19.1. The lowest BCUT2D eigenvalue weighted by molar-refractivity contribution is -0.0693. The van der Waals surface area contributed by atoms with Crippen LogP contribution in [0.4, 0.5) is 9.59 Å². The van der Waals surface area contributed by atoms with Crippen molar-refractivity contribution in [2.45, 2.75) is 37.9 Å². The van der Waals surface area contributed by atoms with E-state index < -0.39 is 24.5 Å². The van der Waals surface area contributed by atoms with Gasteiger partial charge in [-0.3, -0.25) is 0 Å². The van der Waals surface area contributed by atoms with Crippen molar-refractivity contribution in [2.75, 3.05) is 20.3 Å². The summed E-state index contributed by atoms with van der Waals surface area (Å²) in [6, 6.07) is 0. The molecule has 2 unspecified atom stereocenters. The predicted molar refractivity (Wildman–Crippen MR) is 59.1 cm³/mol. The summed E-state index contributed by atoms with van der Waals surface area (Å²) in [5.74, 6) is 0. The number of methoxy groups -OCH3 is 1. The van der Waals surface area contributed by atoms with Crippen LogP contribution in [0.3, 0.4) is 0 Å². The number of aliphatic hydroxyl groups is 1. The molecule has 1 saturated carbocycles. The van der Waals surface area contributed by atoms with Gasteiger partial charge in [0.15, 0.2) is 0 Å². The maximum Gasteiger partial charge on any atom is 0.508 e. The standard InChI is InChI=1S/C11H18O7/c1-15-10(13)17-8-4-2-3-5-9(8)18-11(14)16-7-6-12/h8-9,12H,2-7H2,1H3. The minimum absolute atomic E-state index is 0.117. The Kier molecular flexibility index (Phi) is 6.27. The number of aliphatic hydroxyl groups excluding tert-OH is 1. The van der Waals surface area contributed by atoms with E-state index in [9.17, 15) is 9.59 Å². The Morgan fingerprint density at radius 3 is 2.17 bits per heavy atom. The molecule has 0 saturated heterocycles. The predicted octanol–water partition coefficient (Wildman–Crippen LogP) is 1.23. The topological polar surface area (TPSA) is 91.3 Å². The van der Waals surface area contributed by atoms with Gasteiger partial charge in [0.25, 0.3) is 0 Å². The molecule has 0 aliphatic heterocycles. The number of carbonyl (C=O) groups is 2. The van der Waals surface area contributed by atoms with Crippen LogP contribution in [-0.4, -0.2) is 49.9 Å². The van der Waals surface area contributed by atoms with E-state index in [0.717, 1.165) is 12.8 Å². The van der Waals surface area contributed by atoms with E-state index in [1.54, 1.807) is 0 Å². The Bertz CT molecular complexity index is 279. The van der Waals surface area contributed by atoms with Gasteiger partial charge in [0, 0.05) is 0 Å². The van der Waals surface area contributed by atoms with Gasteiger partial charge in [0.05, 0.1) is 13.7 Å². The van der Waals surface area contributed by atoms with Crippen molar-refractivity contribution < 1.29 is 33.6 Å². The SMILES string of the molecule is COC(=O)OC1CCCCC1OC(=O)OCCO. The monoisotopic (exact) mass is 262 g/mol. The number of carbonyl (C=O) groups excluding carboxylic acids is 2. The number of rotatable bonds is 4. The summed E-state index contributed by atoms with van der Waals surface area (Å²) >= 11 is 0. The van der Waals surface area contributed by atoms with Crippen molar-refractivity contribution in [1.29, 1.82) is 0 Å². The third kappa shape index (κ3) is 4.79. The van der Waals surface area contributed by atoms with Gasteiger partial charge in [-0.1, -0.05) is 0 Å². The largest absolute Gasteiger partial charge is 0.508 e. The van der Waals surface area contributed by atoms with Crippen LogP contribution in [-0.2, 0) is 18.9 Å². The van der Waals surface area contributed by atoms with E-state index in [-0.39, 0.29) is 13.2 Å². The molecule has 0 aromatic rings. The highest BCUT2D eigenvalue weighted by atomic mass is 16.8. The molecule has 7 nitrogen and oxygen atoms in total. The molecule has 1 rings (SSSR count). The summed E-state index contributed by atoms with van der Waals surface area (Å²) in [5, 5.41) is 8.51. The van der Waals surface area contributed by atoms with Crippen LogP contribution in [0.1, 0.15) is 25.7 Å². The van der Waals surface area contributed by atoms with Crippen LogP contribution in [0, 0.1) is 0 Å². The van der Waals surface area contributed by atoms with E-state index >= 15 is 0 Å². The van der Waals surface area contributed by atoms with E-state index in [1.807, 2.05) is 0 Å². The molecule has 2 atom stereocenters. The molecule has 0 spiro atoms. The van der Waals surface area contributed by atoms with Crippen molar-refractivity contribution in [1.82, 2.24) is 0 Å². The smallest absolute Gasteiger partial charge is 0.438 e. The first-order valence-electron chi connectivity index (χ1n) is 5.86. The van der Waals surface area contributed by atoms with Crippen molar-refractivity contribution >= 4 is 12.3 Å². The van der Waals surface area contributed by atoms with Gasteiger partial charge in [-0.25, -0.2) is 9.59 Å². The molecule has 0 bridgehead atoms. The van der Waals surface area contributed by atoms with Crippen molar-refractivity contribution in [3.8, 4) is 0 Å². The number of hydrogen-bond donors (Lipinski definition) is 1. The van der Waals surface area contributed by atoms with Crippen molar-refractivity contribution in [2.24, 2.45) is 0 Å². The van der Waals surface area contributed by atoms with E-state index in [1.165, 1.54) is 7.11 Å².